The Morgan fingerprint density at radius 3 is 2.96 bits per heavy atom. The lowest BCUT2D eigenvalue weighted by Crippen LogP contribution is -2.37. The molecule has 2 aromatic rings. The molecule has 1 aliphatic carbocycles. The molecule has 1 fully saturated rings. The van der Waals surface area contributed by atoms with E-state index in [4.69, 9.17) is 4.74 Å². The van der Waals surface area contributed by atoms with Crippen molar-refractivity contribution in [2.24, 2.45) is 0 Å². The maximum Gasteiger partial charge on any atom is 0.261 e. The summed E-state index contributed by atoms with van der Waals surface area (Å²) in [6.07, 6.45) is 6.53. The predicted molar refractivity (Wildman–Crippen MR) is 99.4 cm³/mol. The van der Waals surface area contributed by atoms with Gasteiger partial charge in [-0.2, -0.15) is 0 Å². The van der Waals surface area contributed by atoms with E-state index in [0.717, 1.165) is 55.4 Å². The molecule has 1 N–H and O–H groups in total. The number of aromatic nitrogens is 1. The third-order valence-electron chi connectivity index (χ3n) is 4.84. The van der Waals surface area contributed by atoms with Crippen molar-refractivity contribution < 1.29 is 9.53 Å². The van der Waals surface area contributed by atoms with Crippen molar-refractivity contribution in [3.8, 4) is 0 Å². The molecular weight excluding hydrogens is 334 g/mol. The molecule has 6 heteroatoms. The molecule has 25 heavy (non-hydrogen) atoms. The number of morpholine rings is 1. The van der Waals surface area contributed by atoms with Crippen molar-refractivity contribution in [1.82, 2.24) is 10.3 Å². The Hall–Kier alpha value is -1.92. The van der Waals surface area contributed by atoms with Crippen molar-refractivity contribution in [3.63, 3.8) is 0 Å². The fraction of sp³-hybridized carbons (Fsp3) is 0.474. The van der Waals surface area contributed by atoms with Crippen LogP contribution in [0.2, 0.25) is 0 Å². The number of pyridine rings is 1. The lowest BCUT2D eigenvalue weighted by Gasteiger charge is -2.29. The number of thiophene rings is 1. The average Bonchev–Trinajstić information content (AvgIpc) is 3.11. The summed E-state index contributed by atoms with van der Waals surface area (Å²) in [5.41, 5.74) is 2.43. The fourth-order valence-electron chi connectivity index (χ4n) is 3.49. The normalized spacial score (nSPS) is 17.2. The van der Waals surface area contributed by atoms with Crippen LogP contribution in [-0.4, -0.2) is 37.2 Å². The van der Waals surface area contributed by atoms with Gasteiger partial charge in [0.05, 0.1) is 18.1 Å². The highest BCUT2D eigenvalue weighted by molar-refractivity contribution is 7.14. The molecule has 0 spiro atoms. The number of fused-ring (bicyclic) bond motifs is 1. The van der Waals surface area contributed by atoms with Gasteiger partial charge in [-0.15, -0.1) is 11.3 Å². The van der Waals surface area contributed by atoms with E-state index < -0.39 is 0 Å². The van der Waals surface area contributed by atoms with Crippen LogP contribution in [-0.2, 0) is 24.1 Å². The van der Waals surface area contributed by atoms with Gasteiger partial charge in [-0.1, -0.05) is 6.07 Å². The number of amides is 1. The Labute approximate surface area is 152 Å². The quantitative estimate of drug-likeness (QED) is 0.914. The number of carbonyl (C=O) groups excluding carboxylic acids is 1. The van der Waals surface area contributed by atoms with Crippen LogP contribution >= 0.6 is 11.3 Å². The number of carbonyl (C=O) groups is 1. The van der Waals surface area contributed by atoms with Crippen molar-refractivity contribution in [2.75, 3.05) is 31.2 Å². The zero-order valence-corrected chi connectivity index (χ0v) is 15.1. The zero-order valence-electron chi connectivity index (χ0n) is 14.3. The summed E-state index contributed by atoms with van der Waals surface area (Å²) in [7, 11) is 0. The lowest BCUT2D eigenvalue weighted by molar-refractivity contribution is 0.0954. The van der Waals surface area contributed by atoms with E-state index in [1.807, 2.05) is 18.3 Å². The van der Waals surface area contributed by atoms with E-state index in [0.29, 0.717) is 6.54 Å². The molecule has 132 valence electrons. The van der Waals surface area contributed by atoms with Crippen LogP contribution in [0.5, 0.6) is 0 Å². The van der Waals surface area contributed by atoms with Crippen molar-refractivity contribution in [1.29, 1.82) is 0 Å². The molecule has 1 aliphatic heterocycles. The van der Waals surface area contributed by atoms with Gasteiger partial charge in [-0.05, 0) is 43.4 Å². The highest BCUT2D eigenvalue weighted by Gasteiger charge is 2.19. The Kier molecular flexibility index (Phi) is 4.99. The topological polar surface area (TPSA) is 54.5 Å². The number of nitrogens with zero attached hydrogens (tertiary/aromatic N) is 2. The molecule has 0 aromatic carbocycles. The summed E-state index contributed by atoms with van der Waals surface area (Å²) >= 11 is 1.66. The molecule has 2 aliphatic rings. The Bertz CT molecular complexity index is 729. The molecule has 0 bridgehead atoms. The Morgan fingerprint density at radius 2 is 2.12 bits per heavy atom. The summed E-state index contributed by atoms with van der Waals surface area (Å²) in [5.74, 6) is 0.979. The minimum atomic E-state index is 0.0242. The summed E-state index contributed by atoms with van der Waals surface area (Å²) in [4.78, 5) is 21.6. The van der Waals surface area contributed by atoms with Crippen LogP contribution in [0.15, 0.2) is 24.4 Å². The van der Waals surface area contributed by atoms with Gasteiger partial charge in [0.25, 0.3) is 5.91 Å². The number of aryl methyl sites for hydroxylation is 2. The molecule has 0 atom stereocenters. The highest BCUT2D eigenvalue weighted by Crippen LogP contribution is 2.29. The third-order valence-corrected chi connectivity index (χ3v) is 6.07. The first-order chi connectivity index (χ1) is 12.3. The summed E-state index contributed by atoms with van der Waals surface area (Å²) < 4.78 is 5.42. The van der Waals surface area contributed by atoms with Crippen molar-refractivity contribution in [3.05, 3.63) is 45.3 Å². The first-order valence-corrected chi connectivity index (χ1v) is 9.79. The molecule has 4 rings (SSSR count). The molecule has 0 unspecified atom stereocenters. The molecule has 2 aromatic heterocycles. The first-order valence-electron chi connectivity index (χ1n) is 8.97. The summed E-state index contributed by atoms with van der Waals surface area (Å²) in [6, 6.07) is 6.05. The monoisotopic (exact) mass is 357 g/mol. The molecule has 3 heterocycles. The number of nitrogens with one attached hydrogen (secondary N) is 1. The maximum atomic E-state index is 12.6. The van der Waals surface area contributed by atoms with E-state index in [1.165, 1.54) is 23.3 Å². The smallest absolute Gasteiger partial charge is 0.261 e. The number of hydrogen-bond donors (Lipinski definition) is 1. The Balaban J connectivity index is 1.44. The van der Waals surface area contributed by atoms with Gasteiger partial charge in [0, 0.05) is 36.3 Å². The van der Waals surface area contributed by atoms with E-state index in [2.05, 4.69) is 21.3 Å². The molecule has 0 saturated carbocycles. The number of ether oxygens (including phenoxy) is 1. The van der Waals surface area contributed by atoms with Gasteiger partial charge in [-0.3, -0.25) is 4.79 Å². The average molecular weight is 357 g/mol. The van der Waals surface area contributed by atoms with E-state index in [1.54, 1.807) is 11.3 Å². The maximum absolute atomic E-state index is 12.6. The van der Waals surface area contributed by atoms with Gasteiger partial charge in [0.1, 0.15) is 5.82 Å². The van der Waals surface area contributed by atoms with Gasteiger partial charge in [-0.25, -0.2) is 4.98 Å². The van der Waals surface area contributed by atoms with E-state index >= 15 is 0 Å². The van der Waals surface area contributed by atoms with Crippen LogP contribution < -0.4 is 10.2 Å². The van der Waals surface area contributed by atoms with Gasteiger partial charge >= 0.3 is 0 Å². The van der Waals surface area contributed by atoms with Crippen LogP contribution in [0, 0.1) is 0 Å². The first kappa shape index (κ1) is 16.5. The predicted octanol–water partition coefficient (Wildman–Crippen LogP) is 2.79. The second kappa shape index (κ2) is 7.54. The molecule has 0 radical (unpaired) electrons. The molecule has 5 nitrogen and oxygen atoms in total. The van der Waals surface area contributed by atoms with Gasteiger partial charge < -0.3 is 15.0 Å². The van der Waals surface area contributed by atoms with E-state index in [-0.39, 0.29) is 5.91 Å². The summed E-state index contributed by atoms with van der Waals surface area (Å²) in [6.45, 7) is 3.64. The minimum Gasteiger partial charge on any atom is -0.378 e. The van der Waals surface area contributed by atoms with Gasteiger partial charge in [0.2, 0.25) is 0 Å². The highest BCUT2D eigenvalue weighted by atomic mass is 32.1. The number of hydrogen-bond acceptors (Lipinski definition) is 5. The van der Waals surface area contributed by atoms with Crippen LogP contribution in [0.4, 0.5) is 5.82 Å². The fourth-order valence-corrected chi connectivity index (χ4v) is 4.66. The Morgan fingerprint density at radius 1 is 1.28 bits per heavy atom. The minimum absolute atomic E-state index is 0.0242. The van der Waals surface area contributed by atoms with E-state index in [9.17, 15) is 4.79 Å². The third kappa shape index (κ3) is 3.70. The SMILES string of the molecule is O=C(NCc1cccnc1N1CCOCC1)c1cc2c(s1)CCCC2. The number of anilines is 1. The second-order valence-electron chi connectivity index (χ2n) is 6.53. The zero-order chi connectivity index (χ0) is 17.1. The molecular formula is C19H23N3O2S. The van der Waals surface area contributed by atoms with Crippen LogP contribution in [0.3, 0.4) is 0 Å². The molecule has 1 amide bonds. The lowest BCUT2D eigenvalue weighted by atomic mass is 9.99. The second-order valence-corrected chi connectivity index (χ2v) is 7.67. The number of rotatable bonds is 4. The standard InChI is InChI=1S/C19H23N3O2S/c23-19(17-12-14-4-1-2-6-16(14)25-17)21-13-15-5-3-7-20-18(15)22-8-10-24-11-9-22/h3,5,7,12H,1-2,4,6,8-11,13H2,(H,21,23). The van der Waals surface area contributed by atoms with Crippen LogP contribution in [0.25, 0.3) is 0 Å². The molecule has 1 saturated heterocycles. The largest absolute Gasteiger partial charge is 0.378 e. The van der Waals surface area contributed by atoms with Crippen molar-refractivity contribution in [2.45, 2.75) is 32.2 Å². The van der Waals surface area contributed by atoms with Crippen LogP contribution in [0.1, 0.15) is 38.5 Å². The van der Waals surface area contributed by atoms with Crippen molar-refractivity contribution >= 4 is 23.1 Å². The summed E-state index contributed by atoms with van der Waals surface area (Å²) in [5, 5.41) is 3.08. The van der Waals surface area contributed by atoms with Gasteiger partial charge in [0.15, 0.2) is 0 Å².